The van der Waals surface area contributed by atoms with E-state index in [1.54, 1.807) is 7.11 Å². The monoisotopic (exact) mass is 282 g/mol. The first-order chi connectivity index (χ1) is 10.2. The van der Waals surface area contributed by atoms with Crippen molar-refractivity contribution in [3.05, 3.63) is 65.7 Å². The molecule has 0 aliphatic heterocycles. The summed E-state index contributed by atoms with van der Waals surface area (Å²) in [5.74, 6) is 0.626. The Kier molecular flexibility index (Phi) is 5.10. The lowest BCUT2D eigenvalue weighted by Gasteiger charge is -2.05. The Bertz CT molecular complexity index is 636. The van der Waals surface area contributed by atoms with Gasteiger partial charge in [-0.25, -0.2) is 5.43 Å². The number of hydrazone groups is 1. The molecule has 21 heavy (non-hydrogen) atoms. The lowest BCUT2D eigenvalue weighted by Crippen LogP contribution is -2.21. The summed E-state index contributed by atoms with van der Waals surface area (Å²) < 4.78 is 5.17. The van der Waals surface area contributed by atoms with Gasteiger partial charge in [-0.05, 0) is 24.6 Å². The maximum absolute atomic E-state index is 11.8. The number of carbonyl (C=O) groups excluding carboxylic acids is 1. The fourth-order valence-corrected chi connectivity index (χ4v) is 1.88. The molecule has 0 saturated heterocycles. The van der Waals surface area contributed by atoms with Gasteiger partial charge < -0.3 is 4.74 Å². The van der Waals surface area contributed by atoms with Crippen LogP contribution in [-0.2, 0) is 11.2 Å². The number of hydrogen-bond donors (Lipinski definition) is 1. The molecule has 0 spiro atoms. The minimum absolute atomic E-state index is 0.136. The summed E-state index contributed by atoms with van der Waals surface area (Å²) in [6, 6.07) is 17.1. The highest BCUT2D eigenvalue weighted by molar-refractivity contribution is 5.99. The van der Waals surface area contributed by atoms with E-state index in [4.69, 9.17) is 4.74 Å². The van der Waals surface area contributed by atoms with Gasteiger partial charge >= 0.3 is 0 Å². The van der Waals surface area contributed by atoms with E-state index in [0.717, 1.165) is 22.6 Å². The zero-order valence-corrected chi connectivity index (χ0v) is 12.2. The minimum atomic E-state index is -0.136. The average molecular weight is 282 g/mol. The third kappa shape index (κ3) is 4.45. The van der Waals surface area contributed by atoms with Crippen LogP contribution in [0.3, 0.4) is 0 Å². The van der Waals surface area contributed by atoms with Crippen molar-refractivity contribution in [2.45, 2.75) is 13.3 Å². The van der Waals surface area contributed by atoms with Gasteiger partial charge in [0.2, 0.25) is 5.91 Å². The second-order valence-corrected chi connectivity index (χ2v) is 4.63. The number of ether oxygens (including phenoxy) is 1. The first kappa shape index (κ1) is 14.8. The fraction of sp³-hybridized carbons (Fsp3) is 0.176. The van der Waals surface area contributed by atoms with Crippen LogP contribution in [0.2, 0.25) is 0 Å². The standard InChI is InChI=1S/C17H18N2O2/c1-13(15-9-6-10-16(12-15)21-2)18-19-17(20)11-14-7-4-3-5-8-14/h3-10,12H,11H2,1-2H3,(H,19,20)/b18-13+. The molecule has 0 fully saturated rings. The molecule has 2 aromatic carbocycles. The third-order valence-corrected chi connectivity index (χ3v) is 3.04. The highest BCUT2D eigenvalue weighted by Gasteiger charge is 2.03. The Balaban J connectivity index is 1.98. The first-order valence-electron chi connectivity index (χ1n) is 6.70. The van der Waals surface area contributed by atoms with Gasteiger partial charge in [0.25, 0.3) is 0 Å². The van der Waals surface area contributed by atoms with Gasteiger partial charge in [-0.15, -0.1) is 0 Å². The summed E-state index contributed by atoms with van der Waals surface area (Å²) in [4.78, 5) is 11.8. The molecule has 0 aliphatic rings. The molecule has 0 bridgehead atoms. The van der Waals surface area contributed by atoms with Gasteiger partial charge in [-0.3, -0.25) is 4.79 Å². The summed E-state index contributed by atoms with van der Waals surface area (Å²) in [5, 5.41) is 4.13. The molecule has 0 saturated carbocycles. The highest BCUT2D eigenvalue weighted by Crippen LogP contribution is 2.13. The Hall–Kier alpha value is -2.62. The number of hydrogen-bond acceptors (Lipinski definition) is 3. The number of carbonyl (C=O) groups is 1. The maximum atomic E-state index is 11.8. The van der Waals surface area contributed by atoms with E-state index in [1.165, 1.54) is 0 Å². The van der Waals surface area contributed by atoms with E-state index in [2.05, 4.69) is 10.5 Å². The molecular weight excluding hydrogens is 264 g/mol. The normalized spacial score (nSPS) is 11.0. The van der Waals surface area contributed by atoms with Crippen molar-refractivity contribution in [3.8, 4) is 5.75 Å². The number of amides is 1. The SMILES string of the molecule is COc1cccc(/C(C)=N/NC(=O)Cc2ccccc2)c1. The van der Waals surface area contributed by atoms with Crippen molar-refractivity contribution >= 4 is 11.6 Å². The maximum Gasteiger partial charge on any atom is 0.244 e. The van der Waals surface area contributed by atoms with Crippen molar-refractivity contribution in [3.63, 3.8) is 0 Å². The summed E-state index contributed by atoms with van der Waals surface area (Å²) >= 11 is 0. The summed E-state index contributed by atoms with van der Waals surface area (Å²) in [5.41, 5.74) is 5.18. The van der Waals surface area contributed by atoms with E-state index >= 15 is 0 Å². The molecule has 0 heterocycles. The van der Waals surface area contributed by atoms with Crippen LogP contribution in [-0.4, -0.2) is 18.7 Å². The molecule has 0 radical (unpaired) electrons. The first-order valence-corrected chi connectivity index (χ1v) is 6.70. The van der Waals surface area contributed by atoms with Crippen molar-refractivity contribution in [2.75, 3.05) is 7.11 Å². The van der Waals surface area contributed by atoms with E-state index in [-0.39, 0.29) is 5.91 Å². The smallest absolute Gasteiger partial charge is 0.244 e. The zero-order chi connectivity index (χ0) is 15.1. The number of methoxy groups -OCH3 is 1. The molecule has 4 nitrogen and oxygen atoms in total. The molecule has 0 unspecified atom stereocenters. The Labute approximate surface area is 124 Å². The van der Waals surface area contributed by atoms with Gasteiger partial charge in [-0.2, -0.15) is 5.10 Å². The molecule has 4 heteroatoms. The van der Waals surface area contributed by atoms with Crippen LogP contribution in [0.5, 0.6) is 5.75 Å². The topological polar surface area (TPSA) is 50.7 Å². The minimum Gasteiger partial charge on any atom is -0.497 e. The van der Waals surface area contributed by atoms with Crippen molar-refractivity contribution in [2.24, 2.45) is 5.10 Å². The fourth-order valence-electron chi connectivity index (χ4n) is 1.88. The van der Waals surface area contributed by atoms with Gasteiger partial charge in [0.1, 0.15) is 5.75 Å². The van der Waals surface area contributed by atoms with Gasteiger partial charge in [0.05, 0.1) is 19.2 Å². The quantitative estimate of drug-likeness (QED) is 0.677. The van der Waals surface area contributed by atoms with Gasteiger partial charge in [-0.1, -0.05) is 42.5 Å². The zero-order valence-electron chi connectivity index (χ0n) is 12.2. The van der Waals surface area contributed by atoms with Crippen LogP contribution in [0.25, 0.3) is 0 Å². The van der Waals surface area contributed by atoms with E-state index in [9.17, 15) is 4.79 Å². The number of rotatable bonds is 5. The number of nitrogens with one attached hydrogen (secondary N) is 1. The van der Waals surface area contributed by atoms with E-state index in [0.29, 0.717) is 6.42 Å². The Morgan fingerprint density at radius 2 is 1.90 bits per heavy atom. The largest absolute Gasteiger partial charge is 0.497 e. The predicted octanol–water partition coefficient (Wildman–Crippen LogP) is 2.78. The van der Waals surface area contributed by atoms with Crippen LogP contribution >= 0.6 is 0 Å². The van der Waals surface area contributed by atoms with Gasteiger partial charge in [0, 0.05) is 5.56 Å². The summed E-state index contributed by atoms with van der Waals surface area (Å²) in [7, 11) is 1.62. The lowest BCUT2D eigenvalue weighted by molar-refractivity contribution is -0.120. The highest BCUT2D eigenvalue weighted by atomic mass is 16.5. The van der Waals surface area contributed by atoms with Crippen LogP contribution in [0.1, 0.15) is 18.1 Å². The van der Waals surface area contributed by atoms with E-state index in [1.807, 2.05) is 61.5 Å². The lowest BCUT2D eigenvalue weighted by atomic mass is 10.1. The van der Waals surface area contributed by atoms with Crippen LogP contribution in [0, 0.1) is 0 Å². The Morgan fingerprint density at radius 3 is 2.62 bits per heavy atom. The molecule has 1 amide bonds. The predicted molar refractivity (Wildman–Crippen MR) is 83.5 cm³/mol. The molecule has 0 aliphatic carbocycles. The molecular formula is C17H18N2O2. The Morgan fingerprint density at radius 1 is 1.14 bits per heavy atom. The third-order valence-electron chi connectivity index (χ3n) is 3.04. The van der Waals surface area contributed by atoms with Crippen LogP contribution in [0.4, 0.5) is 0 Å². The van der Waals surface area contributed by atoms with Gasteiger partial charge in [0.15, 0.2) is 0 Å². The molecule has 0 aromatic heterocycles. The summed E-state index contributed by atoms with van der Waals surface area (Å²) in [6.45, 7) is 1.84. The molecule has 1 N–H and O–H groups in total. The average Bonchev–Trinajstić information content (AvgIpc) is 2.53. The molecule has 108 valence electrons. The second-order valence-electron chi connectivity index (χ2n) is 4.63. The van der Waals surface area contributed by atoms with Crippen LogP contribution in [0.15, 0.2) is 59.7 Å². The number of benzene rings is 2. The van der Waals surface area contributed by atoms with E-state index < -0.39 is 0 Å². The summed E-state index contributed by atoms with van der Waals surface area (Å²) in [6.07, 6.45) is 0.315. The van der Waals surface area contributed by atoms with Crippen molar-refractivity contribution in [1.29, 1.82) is 0 Å². The van der Waals surface area contributed by atoms with Crippen molar-refractivity contribution in [1.82, 2.24) is 5.43 Å². The molecule has 2 rings (SSSR count). The second kappa shape index (κ2) is 7.24. The molecule has 2 aromatic rings. The number of nitrogens with zero attached hydrogens (tertiary/aromatic N) is 1. The molecule has 0 atom stereocenters. The van der Waals surface area contributed by atoms with Crippen molar-refractivity contribution < 1.29 is 9.53 Å². The van der Waals surface area contributed by atoms with Crippen LogP contribution < -0.4 is 10.2 Å².